The Bertz CT molecular complexity index is 433. The van der Waals surface area contributed by atoms with Crippen LogP contribution in [0.5, 0.6) is 0 Å². The predicted octanol–water partition coefficient (Wildman–Crippen LogP) is 1.88. The summed E-state index contributed by atoms with van der Waals surface area (Å²) in [5.41, 5.74) is -0.889. The van der Waals surface area contributed by atoms with Crippen molar-refractivity contribution in [3.63, 3.8) is 0 Å². The Morgan fingerprint density at radius 1 is 1.44 bits per heavy atom. The molecule has 1 unspecified atom stereocenters. The van der Waals surface area contributed by atoms with Gasteiger partial charge in [0.25, 0.3) is 0 Å². The molecule has 0 saturated heterocycles. The van der Waals surface area contributed by atoms with Gasteiger partial charge in [0, 0.05) is 11.4 Å². The summed E-state index contributed by atoms with van der Waals surface area (Å²) < 4.78 is 0.767. The second kappa shape index (κ2) is 4.65. The van der Waals surface area contributed by atoms with Gasteiger partial charge in [-0.2, -0.15) is 0 Å². The molecule has 1 atom stereocenters. The molecule has 86 valence electrons. The second-order valence-corrected chi connectivity index (χ2v) is 4.54. The number of carbonyl (C=O) groups excluding carboxylic acids is 1. The summed E-state index contributed by atoms with van der Waals surface area (Å²) in [7, 11) is 0. The lowest BCUT2D eigenvalue weighted by molar-refractivity contribution is -0.147. The fourth-order valence-corrected chi connectivity index (χ4v) is 1.80. The van der Waals surface area contributed by atoms with Crippen molar-refractivity contribution in [3.8, 4) is 0 Å². The van der Waals surface area contributed by atoms with Gasteiger partial charge in [0.2, 0.25) is 5.91 Å². The number of rotatable bonds is 3. The highest BCUT2D eigenvalue weighted by atomic mass is 79.9. The predicted molar refractivity (Wildman–Crippen MR) is 62.9 cm³/mol. The molecule has 1 amide bonds. The smallest absolute Gasteiger partial charge is 0.333 e. The highest BCUT2D eigenvalue weighted by Crippen LogP contribution is 2.24. The molecule has 0 fully saturated rings. The molecule has 1 aromatic rings. The van der Waals surface area contributed by atoms with E-state index in [4.69, 9.17) is 0 Å². The van der Waals surface area contributed by atoms with Gasteiger partial charge in [0.1, 0.15) is 0 Å². The summed E-state index contributed by atoms with van der Waals surface area (Å²) >= 11 is 3.26. The van der Waals surface area contributed by atoms with Gasteiger partial charge in [-0.25, -0.2) is 4.79 Å². The van der Waals surface area contributed by atoms with E-state index in [1.165, 1.54) is 13.8 Å². The minimum atomic E-state index is -1.41. The molecular formula is C11H12BrNO3. The molecule has 0 aliphatic heterocycles. The number of carbonyl (C=O) groups is 2. The van der Waals surface area contributed by atoms with Crippen molar-refractivity contribution in [2.24, 2.45) is 0 Å². The van der Waals surface area contributed by atoms with E-state index in [2.05, 4.69) is 21.2 Å². The minimum Gasteiger partial charge on any atom is -0.479 e. The number of carboxylic acids is 1. The van der Waals surface area contributed by atoms with Crippen molar-refractivity contribution in [2.75, 3.05) is 0 Å². The monoisotopic (exact) mass is 285 g/mol. The Hall–Kier alpha value is -1.36. The van der Waals surface area contributed by atoms with Crippen molar-refractivity contribution >= 4 is 27.8 Å². The molecule has 5 heteroatoms. The lowest BCUT2D eigenvalue weighted by Crippen LogP contribution is -2.48. The maximum atomic E-state index is 11.2. The summed E-state index contributed by atoms with van der Waals surface area (Å²) in [6.45, 7) is 2.75. The summed E-state index contributed by atoms with van der Waals surface area (Å²) in [5.74, 6) is -1.48. The van der Waals surface area contributed by atoms with Gasteiger partial charge in [0.05, 0.1) is 0 Å². The van der Waals surface area contributed by atoms with Crippen LogP contribution in [0.2, 0.25) is 0 Å². The number of aliphatic carboxylic acids is 1. The first kappa shape index (κ1) is 12.7. The number of benzene rings is 1. The quantitative estimate of drug-likeness (QED) is 0.891. The van der Waals surface area contributed by atoms with Crippen LogP contribution in [-0.2, 0) is 15.1 Å². The lowest BCUT2D eigenvalue weighted by atomic mass is 9.92. The van der Waals surface area contributed by atoms with Crippen LogP contribution in [0.3, 0.4) is 0 Å². The van der Waals surface area contributed by atoms with Crippen LogP contribution in [0.4, 0.5) is 0 Å². The number of carboxylic acid groups (broad SMARTS) is 1. The Labute approximate surface area is 102 Å². The van der Waals surface area contributed by atoms with Gasteiger partial charge in [-0.15, -0.1) is 0 Å². The number of hydrogen-bond acceptors (Lipinski definition) is 2. The molecule has 0 bridgehead atoms. The minimum absolute atomic E-state index is 0.384. The van der Waals surface area contributed by atoms with Gasteiger partial charge in [-0.1, -0.05) is 28.1 Å². The molecule has 0 saturated carbocycles. The third-order valence-electron chi connectivity index (χ3n) is 2.26. The Balaban J connectivity index is 3.21. The molecule has 0 aromatic heterocycles. The Morgan fingerprint density at radius 2 is 2.06 bits per heavy atom. The van der Waals surface area contributed by atoms with E-state index < -0.39 is 11.5 Å². The summed E-state index contributed by atoms with van der Waals surface area (Å²) in [5, 5.41) is 11.6. The van der Waals surface area contributed by atoms with Crippen LogP contribution in [0.25, 0.3) is 0 Å². The van der Waals surface area contributed by atoms with Crippen molar-refractivity contribution < 1.29 is 14.7 Å². The van der Waals surface area contributed by atoms with Crippen LogP contribution in [0.1, 0.15) is 19.4 Å². The molecule has 0 aliphatic carbocycles. The van der Waals surface area contributed by atoms with E-state index >= 15 is 0 Å². The first-order valence-electron chi connectivity index (χ1n) is 4.64. The molecular weight excluding hydrogens is 274 g/mol. The average Bonchev–Trinajstić information content (AvgIpc) is 2.16. The SMILES string of the molecule is CC(=O)NC(C)(C(=O)O)c1cccc(Br)c1. The van der Waals surface area contributed by atoms with Crippen molar-refractivity contribution in [3.05, 3.63) is 34.3 Å². The molecule has 16 heavy (non-hydrogen) atoms. The molecule has 0 heterocycles. The molecule has 2 N–H and O–H groups in total. The summed E-state index contributed by atoms with van der Waals surface area (Å²) in [6, 6.07) is 6.85. The Morgan fingerprint density at radius 3 is 2.50 bits per heavy atom. The molecule has 1 rings (SSSR count). The van der Waals surface area contributed by atoms with Gasteiger partial charge in [-0.05, 0) is 24.6 Å². The van der Waals surface area contributed by atoms with Crippen LogP contribution in [0, 0.1) is 0 Å². The number of hydrogen-bond donors (Lipinski definition) is 2. The van der Waals surface area contributed by atoms with Crippen molar-refractivity contribution in [1.29, 1.82) is 0 Å². The van der Waals surface area contributed by atoms with Gasteiger partial charge < -0.3 is 10.4 Å². The molecule has 0 spiro atoms. The van der Waals surface area contributed by atoms with E-state index in [1.807, 2.05) is 0 Å². The Kier molecular flexibility index (Phi) is 3.70. The summed E-state index contributed by atoms with van der Waals surface area (Å²) in [4.78, 5) is 22.3. The van der Waals surface area contributed by atoms with Crippen LogP contribution in [0.15, 0.2) is 28.7 Å². The normalized spacial score (nSPS) is 13.9. The molecule has 0 aliphatic rings. The van der Waals surface area contributed by atoms with Gasteiger partial charge >= 0.3 is 5.97 Å². The fraction of sp³-hybridized carbons (Fsp3) is 0.273. The zero-order valence-electron chi connectivity index (χ0n) is 8.95. The largest absolute Gasteiger partial charge is 0.479 e. The van der Waals surface area contributed by atoms with Crippen molar-refractivity contribution in [1.82, 2.24) is 5.32 Å². The topological polar surface area (TPSA) is 66.4 Å². The fourth-order valence-electron chi connectivity index (χ4n) is 1.40. The first-order chi connectivity index (χ1) is 7.36. The number of halogens is 1. The molecule has 4 nitrogen and oxygen atoms in total. The standard InChI is InChI=1S/C11H12BrNO3/c1-7(14)13-11(2,10(15)16)8-4-3-5-9(12)6-8/h3-6H,1-2H3,(H,13,14)(H,15,16). The molecule has 1 aromatic carbocycles. The second-order valence-electron chi connectivity index (χ2n) is 3.62. The first-order valence-corrected chi connectivity index (χ1v) is 5.44. The van der Waals surface area contributed by atoms with E-state index in [1.54, 1.807) is 24.3 Å². The highest BCUT2D eigenvalue weighted by molar-refractivity contribution is 9.10. The van der Waals surface area contributed by atoms with E-state index in [-0.39, 0.29) is 5.91 Å². The van der Waals surface area contributed by atoms with Crippen LogP contribution >= 0.6 is 15.9 Å². The summed E-state index contributed by atoms with van der Waals surface area (Å²) in [6.07, 6.45) is 0. The van der Waals surface area contributed by atoms with Crippen LogP contribution < -0.4 is 5.32 Å². The van der Waals surface area contributed by atoms with Crippen molar-refractivity contribution in [2.45, 2.75) is 19.4 Å². The third kappa shape index (κ3) is 2.61. The average molecular weight is 286 g/mol. The lowest BCUT2D eigenvalue weighted by Gasteiger charge is -2.26. The molecule has 0 radical (unpaired) electrons. The number of nitrogens with one attached hydrogen (secondary N) is 1. The highest BCUT2D eigenvalue weighted by Gasteiger charge is 2.36. The maximum absolute atomic E-state index is 11.2. The van der Waals surface area contributed by atoms with E-state index in [9.17, 15) is 14.7 Å². The zero-order chi connectivity index (χ0) is 12.3. The maximum Gasteiger partial charge on any atom is 0.333 e. The van der Waals surface area contributed by atoms with Gasteiger partial charge in [-0.3, -0.25) is 4.79 Å². The van der Waals surface area contributed by atoms with Crippen LogP contribution in [-0.4, -0.2) is 17.0 Å². The number of amides is 1. The zero-order valence-corrected chi connectivity index (χ0v) is 10.5. The van der Waals surface area contributed by atoms with E-state index in [0.717, 1.165) is 4.47 Å². The third-order valence-corrected chi connectivity index (χ3v) is 2.75. The van der Waals surface area contributed by atoms with Gasteiger partial charge in [0.15, 0.2) is 5.54 Å². The van der Waals surface area contributed by atoms with E-state index in [0.29, 0.717) is 5.56 Å².